The first kappa shape index (κ1) is 20.5. The molecule has 4 nitrogen and oxygen atoms in total. The lowest BCUT2D eigenvalue weighted by molar-refractivity contribution is 0.102. The molecule has 0 saturated heterocycles. The Kier molecular flexibility index (Phi) is 7.28. The predicted molar refractivity (Wildman–Crippen MR) is 118 cm³/mol. The van der Waals surface area contributed by atoms with E-state index >= 15 is 0 Å². The number of rotatable bonds is 9. The summed E-state index contributed by atoms with van der Waals surface area (Å²) in [6.45, 7) is 2.96. The molecule has 29 heavy (non-hydrogen) atoms. The first-order valence-electron chi connectivity index (χ1n) is 10.1. The smallest absolute Gasteiger partial charge is 0.255 e. The Morgan fingerprint density at radius 2 is 1.45 bits per heavy atom. The monoisotopic (exact) mass is 389 g/mol. The van der Waals surface area contributed by atoms with E-state index in [-0.39, 0.29) is 11.7 Å². The van der Waals surface area contributed by atoms with E-state index in [1.807, 2.05) is 48.5 Å². The summed E-state index contributed by atoms with van der Waals surface area (Å²) in [6.07, 6.45) is 4.78. The maximum Gasteiger partial charge on any atom is 0.255 e. The summed E-state index contributed by atoms with van der Waals surface area (Å²) in [5.41, 5.74) is 3.34. The van der Waals surface area contributed by atoms with Crippen molar-refractivity contribution < 1.29 is 14.6 Å². The van der Waals surface area contributed by atoms with Crippen LogP contribution in [0.3, 0.4) is 0 Å². The highest BCUT2D eigenvalue weighted by atomic mass is 16.5. The lowest BCUT2D eigenvalue weighted by Gasteiger charge is -2.08. The number of hydrogen-bond donors (Lipinski definition) is 2. The average Bonchev–Trinajstić information content (AvgIpc) is 2.76. The summed E-state index contributed by atoms with van der Waals surface area (Å²) in [5, 5.41) is 12.1. The molecule has 1 amide bonds. The quantitative estimate of drug-likeness (QED) is 0.335. The third-order valence-electron chi connectivity index (χ3n) is 4.73. The number of unbranched alkanes of at least 4 members (excludes halogenated alkanes) is 3. The Labute approximate surface area is 172 Å². The molecular weight excluding hydrogens is 362 g/mol. The number of carbonyl (C=O) groups excluding carboxylic acids is 1. The minimum Gasteiger partial charge on any atom is -0.508 e. The summed E-state index contributed by atoms with van der Waals surface area (Å²) < 4.78 is 5.79. The second-order valence-corrected chi connectivity index (χ2v) is 7.01. The number of benzene rings is 3. The van der Waals surface area contributed by atoms with Crippen LogP contribution < -0.4 is 10.1 Å². The van der Waals surface area contributed by atoms with Crippen LogP contribution in [0.2, 0.25) is 0 Å². The Morgan fingerprint density at radius 3 is 2.07 bits per heavy atom. The molecule has 0 aliphatic rings. The Bertz CT molecular complexity index is 900. The molecule has 0 heterocycles. The minimum atomic E-state index is -0.186. The van der Waals surface area contributed by atoms with Crippen molar-refractivity contribution in [3.63, 3.8) is 0 Å². The van der Waals surface area contributed by atoms with E-state index in [4.69, 9.17) is 4.74 Å². The first-order chi connectivity index (χ1) is 14.2. The van der Waals surface area contributed by atoms with Gasteiger partial charge < -0.3 is 15.2 Å². The van der Waals surface area contributed by atoms with Crippen molar-refractivity contribution in [3.05, 3.63) is 78.4 Å². The van der Waals surface area contributed by atoms with Gasteiger partial charge in [-0.05, 0) is 66.1 Å². The van der Waals surface area contributed by atoms with Crippen molar-refractivity contribution in [1.29, 1.82) is 0 Å². The molecule has 3 rings (SSSR count). The number of phenols is 1. The average molecular weight is 389 g/mol. The fraction of sp³-hybridized carbons (Fsp3) is 0.240. The van der Waals surface area contributed by atoms with E-state index in [2.05, 4.69) is 12.2 Å². The van der Waals surface area contributed by atoms with Crippen molar-refractivity contribution >= 4 is 11.6 Å². The first-order valence-corrected chi connectivity index (χ1v) is 10.1. The van der Waals surface area contributed by atoms with Crippen molar-refractivity contribution in [2.24, 2.45) is 0 Å². The summed E-state index contributed by atoms with van der Waals surface area (Å²) in [5.74, 6) is 0.865. The summed E-state index contributed by atoms with van der Waals surface area (Å²) in [6, 6.07) is 21.9. The summed E-state index contributed by atoms with van der Waals surface area (Å²) in [7, 11) is 0. The van der Waals surface area contributed by atoms with Gasteiger partial charge in [-0.3, -0.25) is 4.79 Å². The molecule has 3 aromatic carbocycles. The fourth-order valence-corrected chi connectivity index (χ4v) is 3.02. The minimum absolute atomic E-state index is 0.167. The standard InChI is InChI=1S/C25H27NO3/c1-2-3-4-5-18-29-24-16-10-20(11-17-24)19-6-8-21(9-7-19)25(28)26-22-12-14-23(27)15-13-22/h6-17,27H,2-5,18H2,1H3,(H,26,28). The molecule has 0 aliphatic carbocycles. The van der Waals surface area contributed by atoms with Crippen LogP contribution >= 0.6 is 0 Å². The van der Waals surface area contributed by atoms with Gasteiger partial charge in [0.25, 0.3) is 5.91 Å². The number of anilines is 1. The van der Waals surface area contributed by atoms with E-state index in [9.17, 15) is 9.90 Å². The van der Waals surface area contributed by atoms with Gasteiger partial charge in [-0.15, -0.1) is 0 Å². The van der Waals surface area contributed by atoms with E-state index in [1.165, 1.54) is 31.4 Å². The van der Waals surface area contributed by atoms with Crippen LogP contribution in [0.15, 0.2) is 72.8 Å². The number of amides is 1. The fourth-order valence-electron chi connectivity index (χ4n) is 3.02. The molecule has 0 fully saturated rings. The molecule has 150 valence electrons. The van der Waals surface area contributed by atoms with Crippen LogP contribution in [0.5, 0.6) is 11.5 Å². The Morgan fingerprint density at radius 1 is 0.828 bits per heavy atom. The van der Waals surface area contributed by atoms with Crippen LogP contribution in [-0.2, 0) is 0 Å². The summed E-state index contributed by atoms with van der Waals surface area (Å²) in [4.78, 5) is 12.4. The maximum atomic E-state index is 12.4. The van der Waals surface area contributed by atoms with Crippen LogP contribution in [-0.4, -0.2) is 17.6 Å². The zero-order valence-electron chi connectivity index (χ0n) is 16.7. The molecule has 4 heteroatoms. The van der Waals surface area contributed by atoms with Gasteiger partial charge in [-0.25, -0.2) is 0 Å². The molecule has 0 aliphatic heterocycles. The van der Waals surface area contributed by atoms with E-state index in [0.717, 1.165) is 29.9 Å². The number of hydrogen-bond acceptors (Lipinski definition) is 3. The molecule has 0 aromatic heterocycles. The van der Waals surface area contributed by atoms with Gasteiger partial charge in [0, 0.05) is 11.3 Å². The maximum absolute atomic E-state index is 12.4. The van der Waals surface area contributed by atoms with Gasteiger partial charge in [0.05, 0.1) is 6.61 Å². The molecule has 3 aromatic rings. The molecule has 0 unspecified atom stereocenters. The number of nitrogens with one attached hydrogen (secondary N) is 1. The molecule has 0 saturated carbocycles. The largest absolute Gasteiger partial charge is 0.508 e. The second-order valence-electron chi connectivity index (χ2n) is 7.01. The number of phenolic OH excluding ortho intramolecular Hbond substituents is 1. The van der Waals surface area contributed by atoms with Crippen LogP contribution in [0.4, 0.5) is 5.69 Å². The third kappa shape index (κ3) is 6.11. The molecule has 2 N–H and O–H groups in total. The molecule has 0 bridgehead atoms. The van der Waals surface area contributed by atoms with Crippen molar-refractivity contribution in [2.75, 3.05) is 11.9 Å². The van der Waals surface area contributed by atoms with Gasteiger partial charge in [-0.1, -0.05) is 50.5 Å². The second kappa shape index (κ2) is 10.3. The van der Waals surface area contributed by atoms with Crippen LogP contribution in [0.25, 0.3) is 11.1 Å². The Hall–Kier alpha value is -3.27. The van der Waals surface area contributed by atoms with Gasteiger partial charge in [0.15, 0.2) is 0 Å². The van der Waals surface area contributed by atoms with E-state index < -0.39 is 0 Å². The predicted octanol–water partition coefficient (Wildman–Crippen LogP) is 6.27. The lowest BCUT2D eigenvalue weighted by Crippen LogP contribution is -2.11. The van der Waals surface area contributed by atoms with Gasteiger partial charge in [0.1, 0.15) is 11.5 Å². The Balaban J connectivity index is 1.56. The highest BCUT2D eigenvalue weighted by Gasteiger charge is 2.07. The zero-order chi connectivity index (χ0) is 20.5. The third-order valence-corrected chi connectivity index (χ3v) is 4.73. The lowest BCUT2D eigenvalue weighted by atomic mass is 10.0. The van der Waals surface area contributed by atoms with Crippen molar-refractivity contribution in [2.45, 2.75) is 32.6 Å². The molecule has 0 atom stereocenters. The zero-order valence-corrected chi connectivity index (χ0v) is 16.7. The number of aromatic hydroxyl groups is 1. The highest BCUT2D eigenvalue weighted by Crippen LogP contribution is 2.23. The molecule has 0 spiro atoms. The topological polar surface area (TPSA) is 58.6 Å². The van der Waals surface area contributed by atoms with Gasteiger partial charge in [-0.2, -0.15) is 0 Å². The van der Waals surface area contributed by atoms with Crippen molar-refractivity contribution in [3.8, 4) is 22.6 Å². The van der Waals surface area contributed by atoms with E-state index in [0.29, 0.717) is 11.3 Å². The summed E-state index contributed by atoms with van der Waals surface area (Å²) >= 11 is 0. The normalized spacial score (nSPS) is 10.5. The highest BCUT2D eigenvalue weighted by molar-refractivity contribution is 6.04. The number of ether oxygens (including phenoxy) is 1. The van der Waals surface area contributed by atoms with Crippen LogP contribution in [0.1, 0.15) is 43.0 Å². The molecular formula is C25H27NO3. The van der Waals surface area contributed by atoms with Crippen molar-refractivity contribution in [1.82, 2.24) is 0 Å². The van der Waals surface area contributed by atoms with Crippen LogP contribution in [0, 0.1) is 0 Å². The molecule has 0 radical (unpaired) electrons. The van der Waals surface area contributed by atoms with Gasteiger partial charge in [0.2, 0.25) is 0 Å². The van der Waals surface area contributed by atoms with Gasteiger partial charge >= 0.3 is 0 Å². The SMILES string of the molecule is CCCCCCOc1ccc(-c2ccc(C(=O)Nc3ccc(O)cc3)cc2)cc1. The van der Waals surface area contributed by atoms with E-state index in [1.54, 1.807) is 12.1 Å². The number of carbonyl (C=O) groups is 1.